The molecule has 26 heavy (non-hydrogen) atoms. The number of benzene rings is 2. The van der Waals surface area contributed by atoms with Gasteiger partial charge >= 0.3 is 6.18 Å². The maximum Gasteiger partial charge on any atom is 0.416 e. The molecular formula is C18H17ClF4N2O. The normalized spacial score (nSPS) is 15.1. The first-order valence-corrected chi connectivity index (χ1v) is 7.73. The Balaban J connectivity index is 0.00000243. The van der Waals surface area contributed by atoms with Crippen LogP contribution in [0.5, 0.6) is 0 Å². The number of nitrogens with two attached hydrogens (primary N) is 1. The van der Waals surface area contributed by atoms with E-state index in [1.807, 2.05) is 0 Å². The Morgan fingerprint density at radius 1 is 1.12 bits per heavy atom. The van der Waals surface area contributed by atoms with Crippen LogP contribution in [0, 0.1) is 5.82 Å². The molecule has 2 aromatic rings. The van der Waals surface area contributed by atoms with Gasteiger partial charge in [-0.05, 0) is 54.3 Å². The predicted octanol–water partition coefficient (Wildman–Crippen LogP) is 4.40. The first-order valence-electron chi connectivity index (χ1n) is 7.73. The SMILES string of the molecule is Cl.NCc1cc(NC(=O)C2(c3ccc(F)cc3)CC2)cc(C(F)(F)F)c1. The molecule has 1 aliphatic rings. The van der Waals surface area contributed by atoms with Crippen molar-refractivity contribution in [1.82, 2.24) is 0 Å². The molecule has 140 valence electrons. The molecule has 8 heteroatoms. The summed E-state index contributed by atoms with van der Waals surface area (Å²) in [5.74, 6) is -0.813. The van der Waals surface area contributed by atoms with E-state index in [4.69, 9.17) is 5.73 Å². The van der Waals surface area contributed by atoms with Crippen LogP contribution in [0.3, 0.4) is 0 Å². The van der Waals surface area contributed by atoms with Gasteiger partial charge < -0.3 is 11.1 Å². The largest absolute Gasteiger partial charge is 0.416 e. The fourth-order valence-corrected chi connectivity index (χ4v) is 2.84. The van der Waals surface area contributed by atoms with Crippen molar-refractivity contribution >= 4 is 24.0 Å². The van der Waals surface area contributed by atoms with Gasteiger partial charge in [0.2, 0.25) is 5.91 Å². The summed E-state index contributed by atoms with van der Waals surface area (Å²) in [5.41, 5.74) is 4.75. The standard InChI is InChI=1S/C18H16F4N2O.ClH/c19-14-3-1-12(2-4-14)17(5-6-17)16(25)24-15-8-11(10-23)7-13(9-15)18(20,21)22;/h1-4,7-9H,5-6,10,23H2,(H,24,25);1H. The number of hydrogen-bond acceptors (Lipinski definition) is 2. The van der Waals surface area contributed by atoms with Crippen molar-refractivity contribution in [2.24, 2.45) is 5.73 Å². The zero-order valence-electron chi connectivity index (χ0n) is 13.6. The molecule has 1 fully saturated rings. The van der Waals surface area contributed by atoms with Crippen LogP contribution in [0.2, 0.25) is 0 Å². The summed E-state index contributed by atoms with van der Waals surface area (Å²) in [5, 5.41) is 2.56. The van der Waals surface area contributed by atoms with Gasteiger partial charge in [0, 0.05) is 12.2 Å². The molecule has 1 aliphatic carbocycles. The molecule has 0 atom stereocenters. The number of rotatable bonds is 4. The van der Waals surface area contributed by atoms with Gasteiger partial charge in [-0.1, -0.05) is 12.1 Å². The number of carbonyl (C=O) groups excluding carboxylic acids is 1. The molecular weight excluding hydrogens is 372 g/mol. The van der Waals surface area contributed by atoms with Gasteiger partial charge in [-0.25, -0.2) is 4.39 Å². The molecule has 3 rings (SSSR count). The maximum absolute atomic E-state index is 13.1. The highest BCUT2D eigenvalue weighted by molar-refractivity contribution is 6.01. The minimum Gasteiger partial charge on any atom is -0.326 e. The van der Waals surface area contributed by atoms with E-state index in [1.54, 1.807) is 0 Å². The predicted molar refractivity (Wildman–Crippen MR) is 92.5 cm³/mol. The van der Waals surface area contributed by atoms with Crippen LogP contribution in [0.25, 0.3) is 0 Å². The minimum absolute atomic E-state index is 0. The molecule has 3 nitrogen and oxygen atoms in total. The Hall–Kier alpha value is -2.12. The third kappa shape index (κ3) is 3.99. The zero-order valence-corrected chi connectivity index (χ0v) is 14.4. The van der Waals surface area contributed by atoms with Crippen LogP contribution in [-0.2, 0) is 22.9 Å². The second-order valence-corrected chi connectivity index (χ2v) is 6.16. The molecule has 0 aliphatic heterocycles. The highest BCUT2D eigenvalue weighted by Crippen LogP contribution is 2.49. The van der Waals surface area contributed by atoms with Crippen LogP contribution in [0.15, 0.2) is 42.5 Å². The summed E-state index contributed by atoms with van der Waals surface area (Å²) in [6, 6.07) is 8.85. The van der Waals surface area contributed by atoms with E-state index in [9.17, 15) is 22.4 Å². The molecule has 0 unspecified atom stereocenters. The van der Waals surface area contributed by atoms with E-state index >= 15 is 0 Å². The molecule has 0 aromatic heterocycles. The lowest BCUT2D eigenvalue weighted by Crippen LogP contribution is -2.28. The lowest BCUT2D eigenvalue weighted by molar-refractivity contribution is -0.137. The quantitative estimate of drug-likeness (QED) is 0.763. The van der Waals surface area contributed by atoms with E-state index < -0.39 is 28.9 Å². The van der Waals surface area contributed by atoms with Crippen molar-refractivity contribution in [2.45, 2.75) is 31.0 Å². The second-order valence-electron chi connectivity index (χ2n) is 6.16. The summed E-state index contributed by atoms with van der Waals surface area (Å²) in [7, 11) is 0. The molecule has 0 saturated heterocycles. The highest BCUT2D eigenvalue weighted by atomic mass is 35.5. The Labute approximate surface area is 154 Å². The van der Waals surface area contributed by atoms with E-state index in [-0.39, 0.29) is 30.2 Å². The van der Waals surface area contributed by atoms with E-state index in [1.165, 1.54) is 30.3 Å². The van der Waals surface area contributed by atoms with Gasteiger partial charge in [-0.3, -0.25) is 4.79 Å². The number of anilines is 1. The fraction of sp³-hybridized carbons (Fsp3) is 0.278. The minimum atomic E-state index is -4.53. The number of carbonyl (C=O) groups is 1. The summed E-state index contributed by atoms with van der Waals surface area (Å²) in [6.07, 6.45) is -3.40. The molecule has 1 saturated carbocycles. The van der Waals surface area contributed by atoms with E-state index in [0.29, 0.717) is 18.4 Å². The first kappa shape index (κ1) is 20.2. The molecule has 0 heterocycles. The zero-order chi connectivity index (χ0) is 18.2. The monoisotopic (exact) mass is 388 g/mol. The van der Waals surface area contributed by atoms with Gasteiger partial charge in [0.05, 0.1) is 11.0 Å². The Kier molecular flexibility index (Phi) is 5.63. The number of halogens is 5. The van der Waals surface area contributed by atoms with Crippen LogP contribution < -0.4 is 11.1 Å². The summed E-state index contributed by atoms with van der Waals surface area (Å²) >= 11 is 0. The van der Waals surface area contributed by atoms with Gasteiger partial charge in [-0.2, -0.15) is 13.2 Å². The summed E-state index contributed by atoms with van der Waals surface area (Å²) in [4.78, 5) is 12.6. The molecule has 0 spiro atoms. The topological polar surface area (TPSA) is 55.1 Å². The number of hydrogen-bond donors (Lipinski definition) is 2. The van der Waals surface area contributed by atoms with Crippen LogP contribution in [0.1, 0.15) is 29.5 Å². The van der Waals surface area contributed by atoms with Crippen molar-refractivity contribution in [1.29, 1.82) is 0 Å². The van der Waals surface area contributed by atoms with Gasteiger partial charge in [-0.15, -0.1) is 12.4 Å². The average Bonchev–Trinajstić information content (AvgIpc) is 3.36. The van der Waals surface area contributed by atoms with Crippen molar-refractivity contribution in [3.63, 3.8) is 0 Å². The third-order valence-corrected chi connectivity index (χ3v) is 4.40. The van der Waals surface area contributed by atoms with Crippen molar-refractivity contribution in [3.05, 3.63) is 65.0 Å². The van der Waals surface area contributed by atoms with Gasteiger partial charge in [0.1, 0.15) is 5.82 Å². The molecule has 3 N–H and O–H groups in total. The number of nitrogens with one attached hydrogen (secondary N) is 1. The summed E-state index contributed by atoms with van der Waals surface area (Å²) in [6.45, 7) is -0.0735. The first-order chi connectivity index (χ1) is 11.7. The Morgan fingerprint density at radius 3 is 2.23 bits per heavy atom. The highest BCUT2D eigenvalue weighted by Gasteiger charge is 2.51. The average molecular weight is 389 g/mol. The smallest absolute Gasteiger partial charge is 0.326 e. The molecule has 0 radical (unpaired) electrons. The lowest BCUT2D eigenvalue weighted by Gasteiger charge is -2.17. The Morgan fingerprint density at radius 2 is 1.73 bits per heavy atom. The van der Waals surface area contributed by atoms with Crippen molar-refractivity contribution in [2.75, 3.05) is 5.32 Å². The number of amides is 1. The lowest BCUT2D eigenvalue weighted by atomic mass is 9.94. The van der Waals surface area contributed by atoms with Crippen LogP contribution >= 0.6 is 12.4 Å². The molecule has 1 amide bonds. The van der Waals surface area contributed by atoms with Crippen molar-refractivity contribution in [3.8, 4) is 0 Å². The molecule has 0 bridgehead atoms. The third-order valence-electron chi connectivity index (χ3n) is 4.40. The van der Waals surface area contributed by atoms with E-state index in [2.05, 4.69) is 5.32 Å². The van der Waals surface area contributed by atoms with Gasteiger partial charge in [0.15, 0.2) is 0 Å². The van der Waals surface area contributed by atoms with Crippen LogP contribution in [0.4, 0.5) is 23.2 Å². The van der Waals surface area contributed by atoms with Crippen LogP contribution in [-0.4, -0.2) is 5.91 Å². The van der Waals surface area contributed by atoms with E-state index in [0.717, 1.165) is 12.1 Å². The Bertz CT molecular complexity index is 802. The number of alkyl halides is 3. The maximum atomic E-state index is 13.1. The van der Waals surface area contributed by atoms with Gasteiger partial charge in [0.25, 0.3) is 0 Å². The fourth-order valence-electron chi connectivity index (χ4n) is 2.84. The van der Waals surface area contributed by atoms with Crippen molar-refractivity contribution < 1.29 is 22.4 Å². The molecule has 2 aromatic carbocycles. The summed E-state index contributed by atoms with van der Waals surface area (Å²) < 4.78 is 52.0. The second kappa shape index (κ2) is 7.25.